The molecule has 1 aliphatic rings. The van der Waals surface area contributed by atoms with Crippen molar-refractivity contribution >= 4 is 23.1 Å². The first-order valence-electron chi connectivity index (χ1n) is 5.78. The summed E-state index contributed by atoms with van der Waals surface area (Å²) in [4.78, 5) is 15.3. The van der Waals surface area contributed by atoms with E-state index in [0.717, 1.165) is 0 Å². The Bertz CT molecular complexity index is 619. The van der Waals surface area contributed by atoms with Gasteiger partial charge >= 0.3 is 5.97 Å². The van der Waals surface area contributed by atoms with E-state index in [1.54, 1.807) is 22.7 Å². The van der Waals surface area contributed by atoms with E-state index in [1.165, 1.54) is 12.8 Å². The zero-order valence-electron chi connectivity index (χ0n) is 9.56. The second kappa shape index (κ2) is 4.26. The summed E-state index contributed by atoms with van der Waals surface area (Å²) in [5.74, 6) is -0.343. The quantitative estimate of drug-likeness (QED) is 0.887. The molecule has 2 aromatic rings. The largest absolute Gasteiger partial charge is 0.476 e. The van der Waals surface area contributed by atoms with E-state index >= 15 is 0 Å². The molecule has 0 amide bonds. The number of aromatic nitrogens is 2. The number of fused-ring (bicyclic) bond motifs is 1. The van der Waals surface area contributed by atoms with E-state index in [9.17, 15) is 4.79 Å². The Morgan fingerprint density at radius 1 is 1.56 bits per heavy atom. The van der Waals surface area contributed by atoms with Crippen LogP contribution in [-0.2, 0) is 6.54 Å². The number of nitrogens with one attached hydrogen (secondary N) is 1. The molecular formula is C12H12ClN3O2. The van der Waals surface area contributed by atoms with Crippen molar-refractivity contribution in [2.24, 2.45) is 0 Å². The smallest absolute Gasteiger partial charge is 0.356 e. The SMILES string of the molecule is O=C(O)c1nc(CNC2CC2)n2cc(Cl)ccc12. The van der Waals surface area contributed by atoms with Gasteiger partial charge in [-0.1, -0.05) is 11.6 Å². The number of imidazole rings is 1. The van der Waals surface area contributed by atoms with Crippen molar-refractivity contribution in [3.63, 3.8) is 0 Å². The third kappa shape index (κ3) is 2.07. The lowest BCUT2D eigenvalue weighted by molar-refractivity contribution is 0.0693. The summed E-state index contributed by atoms with van der Waals surface area (Å²) >= 11 is 5.94. The van der Waals surface area contributed by atoms with Crippen molar-refractivity contribution in [2.75, 3.05) is 0 Å². The minimum Gasteiger partial charge on any atom is -0.476 e. The first-order valence-corrected chi connectivity index (χ1v) is 6.16. The van der Waals surface area contributed by atoms with Gasteiger partial charge in [0.15, 0.2) is 5.69 Å². The van der Waals surface area contributed by atoms with Crippen LogP contribution in [0.4, 0.5) is 0 Å². The number of carboxylic acids is 1. The maximum Gasteiger partial charge on any atom is 0.356 e. The van der Waals surface area contributed by atoms with Crippen LogP contribution in [0.15, 0.2) is 18.3 Å². The van der Waals surface area contributed by atoms with Crippen molar-refractivity contribution < 1.29 is 9.90 Å². The van der Waals surface area contributed by atoms with E-state index in [0.29, 0.717) is 29.0 Å². The Balaban J connectivity index is 2.04. The second-order valence-corrected chi connectivity index (χ2v) is 4.88. The highest BCUT2D eigenvalue weighted by Crippen LogP contribution is 2.21. The van der Waals surface area contributed by atoms with Crippen LogP contribution in [0.2, 0.25) is 5.02 Å². The van der Waals surface area contributed by atoms with Gasteiger partial charge in [-0.25, -0.2) is 9.78 Å². The monoisotopic (exact) mass is 265 g/mol. The number of aromatic carboxylic acids is 1. The van der Waals surface area contributed by atoms with Gasteiger partial charge in [0, 0.05) is 12.2 Å². The molecule has 1 aliphatic carbocycles. The van der Waals surface area contributed by atoms with Crippen molar-refractivity contribution in [1.29, 1.82) is 0 Å². The third-order valence-corrected chi connectivity index (χ3v) is 3.23. The molecule has 0 aliphatic heterocycles. The lowest BCUT2D eigenvalue weighted by Crippen LogP contribution is -2.17. The number of nitrogens with zero attached hydrogens (tertiary/aromatic N) is 2. The zero-order valence-corrected chi connectivity index (χ0v) is 10.3. The van der Waals surface area contributed by atoms with Crippen LogP contribution >= 0.6 is 11.6 Å². The first-order chi connectivity index (χ1) is 8.65. The molecule has 1 saturated carbocycles. The topological polar surface area (TPSA) is 66.6 Å². The molecule has 0 unspecified atom stereocenters. The van der Waals surface area contributed by atoms with Gasteiger partial charge in [0.1, 0.15) is 5.82 Å². The Kier molecular flexibility index (Phi) is 2.72. The standard InChI is InChI=1S/C12H12ClN3O2/c13-7-1-4-9-11(12(17)18)15-10(16(9)6-7)5-14-8-2-3-8/h1,4,6,8,14H,2-3,5H2,(H,17,18). The summed E-state index contributed by atoms with van der Waals surface area (Å²) in [5, 5.41) is 13.0. The average molecular weight is 266 g/mol. The fourth-order valence-electron chi connectivity index (χ4n) is 1.93. The molecule has 0 spiro atoms. The van der Waals surface area contributed by atoms with Crippen LogP contribution in [0.3, 0.4) is 0 Å². The van der Waals surface area contributed by atoms with Crippen molar-refractivity contribution in [3.05, 3.63) is 34.9 Å². The number of rotatable bonds is 4. The van der Waals surface area contributed by atoms with Gasteiger partial charge in [-0.3, -0.25) is 0 Å². The molecule has 2 aromatic heterocycles. The van der Waals surface area contributed by atoms with Crippen molar-refractivity contribution in [2.45, 2.75) is 25.4 Å². The van der Waals surface area contributed by atoms with Gasteiger partial charge < -0.3 is 14.8 Å². The van der Waals surface area contributed by atoms with Gasteiger partial charge in [0.05, 0.1) is 17.1 Å². The molecule has 5 nitrogen and oxygen atoms in total. The van der Waals surface area contributed by atoms with E-state index in [-0.39, 0.29) is 5.69 Å². The fraction of sp³-hybridized carbons (Fsp3) is 0.333. The van der Waals surface area contributed by atoms with Crippen LogP contribution in [0.5, 0.6) is 0 Å². The summed E-state index contributed by atoms with van der Waals surface area (Å²) in [6, 6.07) is 3.90. The fourth-order valence-corrected chi connectivity index (χ4v) is 2.09. The molecular weight excluding hydrogens is 254 g/mol. The Labute approximate surface area is 108 Å². The van der Waals surface area contributed by atoms with E-state index in [4.69, 9.17) is 16.7 Å². The van der Waals surface area contributed by atoms with Crippen molar-refractivity contribution in [1.82, 2.24) is 14.7 Å². The summed E-state index contributed by atoms with van der Waals surface area (Å²) in [5.41, 5.74) is 0.638. The molecule has 18 heavy (non-hydrogen) atoms. The first kappa shape index (κ1) is 11.5. The molecule has 0 atom stereocenters. The van der Waals surface area contributed by atoms with Gasteiger partial charge in [0.25, 0.3) is 0 Å². The predicted octanol–water partition coefficient (Wildman–Crippen LogP) is 1.94. The predicted molar refractivity (Wildman–Crippen MR) is 67.0 cm³/mol. The molecule has 94 valence electrons. The number of carboxylic acid groups (broad SMARTS) is 1. The number of hydrogen-bond acceptors (Lipinski definition) is 3. The summed E-state index contributed by atoms with van der Waals surface area (Å²) in [7, 11) is 0. The van der Waals surface area contributed by atoms with E-state index in [2.05, 4.69) is 10.3 Å². The molecule has 3 rings (SSSR count). The summed E-state index contributed by atoms with van der Waals surface area (Å²) in [6.07, 6.45) is 4.05. The number of hydrogen-bond donors (Lipinski definition) is 2. The number of halogens is 1. The maximum atomic E-state index is 11.1. The molecule has 2 N–H and O–H groups in total. The average Bonchev–Trinajstić information content (AvgIpc) is 3.08. The summed E-state index contributed by atoms with van der Waals surface area (Å²) < 4.78 is 1.74. The van der Waals surface area contributed by atoms with E-state index in [1.807, 2.05) is 0 Å². The molecule has 0 saturated heterocycles. The Morgan fingerprint density at radius 3 is 3.00 bits per heavy atom. The van der Waals surface area contributed by atoms with Gasteiger partial charge in [0.2, 0.25) is 0 Å². The zero-order chi connectivity index (χ0) is 12.7. The van der Waals surface area contributed by atoms with Crippen LogP contribution in [0.1, 0.15) is 29.2 Å². The molecule has 0 bridgehead atoms. The highest BCUT2D eigenvalue weighted by Gasteiger charge is 2.22. The second-order valence-electron chi connectivity index (χ2n) is 4.44. The lowest BCUT2D eigenvalue weighted by Gasteiger charge is -2.02. The molecule has 6 heteroatoms. The van der Waals surface area contributed by atoms with E-state index < -0.39 is 5.97 Å². The highest BCUT2D eigenvalue weighted by molar-refractivity contribution is 6.30. The molecule has 0 radical (unpaired) electrons. The minimum absolute atomic E-state index is 0.0688. The molecule has 1 fully saturated rings. The van der Waals surface area contributed by atoms with Gasteiger partial charge in [-0.15, -0.1) is 0 Å². The van der Waals surface area contributed by atoms with Gasteiger partial charge in [-0.2, -0.15) is 0 Å². The Morgan fingerprint density at radius 2 is 2.33 bits per heavy atom. The maximum absolute atomic E-state index is 11.1. The number of carbonyl (C=O) groups is 1. The lowest BCUT2D eigenvalue weighted by atomic mass is 10.3. The van der Waals surface area contributed by atoms with Gasteiger partial charge in [-0.05, 0) is 25.0 Å². The van der Waals surface area contributed by atoms with Crippen LogP contribution in [0, 0.1) is 0 Å². The minimum atomic E-state index is -1.02. The number of pyridine rings is 1. The summed E-state index contributed by atoms with van der Waals surface area (Å²) in [6.45, 7) is 0.555. The Hall–Kier alpha value is -1.59. The van der Waals surface area contributed by atoms with Crippen LogP contribution in [-0.4, -0.2) is 26.5 Å². The molecule has 2 heterocycles. The van der Waals surface area contributed by atoms with Crippen LogP contribution in [0.25, 0.3) is 5.52 Å². The normalized spacial score (nSPS) is 15.2. The molecule has 0 aromatic carbocycles. The van der Waals surface area contributed by atoms with Crippen molar-refractivity contribution in [3.8, 4) is 0 Å². The third-order valence-electron chi connectivity index (χ3n) is 3.00. The highest BCUT2D eigenvalue weighted by atomic mass is 35.5. The van der Waals surface area contributed by atoms with Crippen LogP contribution < -0.4 is 5.32 Å².